The first kappa shape index (κ1) is 32.0. The number of allylic oxidation sites excluding steroid dienone is 2. The molecule has 0 saturated carbocycles. The van der Waals surface area contributed by atoms with Crippen LogP contribution in [-0.4, -0.2) is 32.2 Å². The van der Waals surface area contributed by atoms with Crippen molar-refractivity contribution >= 4 is 39.4 Å². The van der Waals surface area contributed by atoms with Crippen molar-refractivity contribution in [2.24, 2.45) is 0 Å². The van der Waals surface area contributed by atoms with Crippen LogP contribution in [0.2, 0.25) is 0 Å². The molecule has 0 atom stereocenters. The van der Waals surface area contributed by atoms with Gasteiger partial charge in [-0.05, 0) is 91.4 Å². The summed E-state index contributed by atoms with van der Waals surface area (Å²) in [7, 11) is 1.42. The van der Waals surface area contributed by atoms with Gasteiger partial charge in [-0.3, -0.25) is 0 Å². The van der Waals surface area contributed by atoms with Crippen LogP contribution in [0.25, 0.3) is 44.2 Å². The lowest BCUT2D eigenvalue weighted by atomic mass is 9.88. The highest BCUT2D eigenvalue weighted by Crippen LogP contribution is 2.38. The molecule has 0 amide bonds. The van der Waals surface area contributed by atoms with E-state index in [0.29, 0.717) is 5.56 Å². The van der Waals surface area contributed by atoms with Crippen LogP contribution in [0.5, 0.6) is 0 Å². The molecule has 0 spiro atoms. The molecular formula is C43H40N4O2S. The zero-order valence-corrected chi connectivity index (χ0v) is 29.1. The lowest BCUT2D eigenvalue weighted by Gasteiger charge is -2.20. The zero-order chi connectivity index (χ0) is 33.9. The third-order valence-electron chi connectivity index (χ3n) is 10.0. The third kappa shape index (κ3) is 6.29. The van der Waals surface area contributed by atoms with E-state index >= 15 is 0 Å². The molecule has 6 nitrogen and oxygen atoms in total. The molecule has 0 fully saturated rings. The number of thiophene rings is 1. The number of aromatic nitrogens is 4. The number of hydrogen-bond acceptors (Lipinski definition) is 5. The summed E-state index contributed by atoms with van der Waals surface area (Å²) >= 11 is 1.72. The number of benzene rings is 4. The molecule has 7 aromatic rings. The summed E-state index contributed by atoms with van der Waals surface area (Å²) in [5.41, 5.74) is 9.51. The number of aryl methyl sites for hydroxylation is 2. The maximum atomic E-state index is 12.5. The zero-order valence-electron chi connectivity index (χ0n) is 28.3. The fourth-order valence-electron chi connectivity index (χ4n) is 7.53. The van der Waals surface area contributed by atoms with Crippen molar-refractivity contribution in [1.29, 1.82) is 0 Å². The predicted octanol–water partition coefficient (Wildman–Crippen LogP) is 10.7. The second kappa shape index (κ2) is 14.3. The number of rotatable bonds is 11. The number of fused-ring (bicyclic) bond motifs is 2. The topological polar surface area (TPSA) is 61.9 Å². The molecule has 0 aliphatic heterocycles. The highest BCUT2D eigenvalue weighted by atomic mass is 32.1. The highest BCUT2D eigenvalue weighted by molar-refractivity contribution is 7.13. The lowest BCUT2D eigenvalue weighted by Crippen LogP contribution is -2.09. The van der Waals surface area contributed by atoms with Crippen LogP contribution in [0.3, 0.4) is 0 Å². The molecule has 0 unspecified atom stereocenters. The normalized spacial score (nSPS) is 13.3. The van der Waals surface area contributed by atoms with Gasteiger partial charge in [-0.15, -0.1) is 11.3 Å². The number of methoxy groups -OCH3 is 1. The Hall–Kier alpha value is -5.27. The van der Waals surface area contributed by atoms with Gasteiger partial charge >= 0.3 is 5.97 Å². The fourth-order valence-corrected chi connectivity index (χ4v) is 8.25. The van der Waals surface area contributed by atoms with Crippen molar-refractivity contribution in [3.05, 3.63) is 143 Å². The van der Waals surface area contributed by atoms with E-state index < -0.39 is 0 Å². The standard InChI is InChI=1S/C43H40N4O2S/c1-49-43(48)33-22-23-38-37(29-33)45-41(46(38)26-24-30-13-5-2-6-14-30)35-19-11-20-36-40(35)47(42(44-36)39-21-12-28-50-39)27-25-34(31-15-7-3-8-16-31)32-17-9-4-10-18-32/h3-4,7-13,15-23,28-29,34H,2,5-6,14,24-27H2,1H3. The Bertz CT molecular complexity index is 2240. The van der Waals surface area contributed by atoms with Gasteiger partial charge in [0.15, 0.2) is 5.82 Å². The van der Waals surface area contributed by atoms with E-state index in [0.717, 1.165) is 82.9 Å². The summed E-state index contributed by atoms with van der Waals surface area (Å²) < 4.78 is 9.83. The summed E-state index contributed by atoms with van der Waals surface area (Å²) in [6.45, 7) is 1.58. The van der Waals surface area contributed by atoms with Crippen LogP contribution in [-0.2, 0) is 17.8 Å². The molecule has 0 N–H and O–H groups in total. The van der Waals surface area contributed by atoms with Gasteiger partial charge in [-0.1, -0.05) is 84.4 Å². The first-order chi connectivity index (χ1) is 24.7. The molecule has 8 rings (SSSR count). The first-order valence-corrected chi connectivity index (χ1v) is 18.5. The molecule has 250 valence electrons. The van der Waals surface area contributed by atoms with Gasteiger partial charge in [0.1, 0.15) is 5.82 Å². The molecule has 3 aromatic heterocycles. The maximum absolute atomic E-state index is 12.5. The number of carbonyl (C=O) groups is 1. The minimum atomic E-state index is -0.359. The summed E-state index contributed by atoms with van der Waals surface area (Å²) in [6.07, 6.45) is 9.14. The largest absolute Gasteiger partial charge is 0.465 e. The number of para-hydroxylation sites is 1. The van der Waals surface area contributed by atoms with Gasteiger partial charge in [-0.2, -0.15) is 0 Å². The van der Waals surface area contributed by atoms with E-state index in [1.807, 2.05) is 18.2 Å². The second-order valence-electron chi connectivity index (χ2n) is 13.0. The van der Waals surface area contributed by atoms with E-state index in [4.69, 9.17) is 14.7 Å². The predicted molar refractivity (Wildman–Crippen MR) is 204 cm³/mol. The van der Waals surface area contributed by atoms with E-state index in [-0.39, 0.29) is 11.9 Å². The van der Waals surface area contributed by atoms with Crippen LogP contribution < -0.4 is 0 Å². The minimum absolute atomic E-state index is 0.225. The van der Waals surface area contributed by atoms with Crippen molar-refractivity contribution in [1.82, 2.24) is 19.1 Å². The van der Waals surface area contributed by atoms with Gasteiger partial charge in [0.2, 0.25) is 0 Å². The van der Waals surface area contributed by atoms with Crippen molar-refractivity contribution in [2.45, 2.75) is 57.5 Å². The molecular weight excluding hydrogens is 637 g/mol. The molecule has 50 heavy (non-hydrogen) atoms. The van der Waals surface area contributed by atoms with Crippen LogP contribution in [0, 0.1) is 0 Å². The Labute approximate surface area is 296 Å². The average Bonchev–Trinajstić information content (AvgIpc) is 3.93. The Morgan fingerprint density at radius 3 is 2.28 bits per heavy atom. The van der Waals surface area contributed by atoms with Gasteiger partial charge in [0.25, 0.3) is 0 Å². The Morgan fingerprint density at radius 2 is 1.58 bits per heavy atom. The molecule has 0 saturated heterocycles. The molecule has 7 heteroatoms. The van der Waals surface area contributed by atoms with Crippen molar-refractivity contribution in [2.75, 3.05) is 7.11 Å². The van der Waals surface area contributed by atoms with Crippen molar-refractivity contribution < 1.29 is 9.53 Å². The van der Waals surface area contributed by atoms with E-state index in [1.54, 1.807) is 11.3 Å². The number of hydrogen-bond donors (Lipinski definition) is 0. The van der Waals surface area contributed by atoms with E-state index in [1.165, 1.54) is 36.7 Å². The molecule has 0 bridgehead atoms. The number of carbonyl (C=O) groups excluding carboxylic acids is 1. The quantitative estimate of drug-likeness (QED) is 0.101. The molecule has 1 aliphatic carbocycles. The van der Waals surface area contributed by atoms with Crippen molar-refractivity contribution in [3.8, 4) is 22.1 Å². The van der Waals surface area contributed by atoms with Crippen LogP contribution in [0.15, 0.2) is 126 Å². The minimum Gasteiger partial charge on any atom is -0.465 e. The summed E-state index contributed by atoms with van der Waals surface area (Å²) in [5, 5.41) is 2.12. The van der Waals surface area contributed by atoms with E-state index in [9.17, 15) is 4.79 Å². The highest BCUT2D eigenvalue weighted by Gasteiger charge is 2.24. The number of esters is 1. The van der Waals surface area contributed by atoms with Gasteiger partial charge in [0, 0.05) is 24.6 Å². The summed E-state index contributed by atoms with van der Waals surface area (Å²) in [6, 6.07) is 38.0. The lowest BCUT2D eigenvalue weighted by molar-refractivity contribution is 0.0601. The smallest absolute Gasteiger partial charge is 0.337 e. The van der Waals surface area contributed by atoms with Crippen LogP contribution in [0.4, 0.5) is 0 Å². The molecule has 1 aliphatic rings. The number of nitrogens with zero attached hydrogens (tertiary/aromatic N) is 4. The maximum Gasteiger partial charge on any atom is 0.337 e. The summed E-state index contributed by atoms with van der Waals surface area (Å²) in [4.78, 5) is 24.2. The van der Waals surface area contributed by atoms with E-state index in [2.05, 4.69) is 112 Å². The Kier molecular flexibility index (Phi) is 9.14. The van der Waals surface area contributed by atoms with Crippen LogP contribution in [0.1, 0.15) is 65.9 Å². The summed E-state index contributed by atoms with van der Waals surface area (Å²) in [5.74, 6) is 1.74. The van der Waals surface area contributed by atoms with Gasteiger partial charge in [0.05, 0.1) is 39.6 Å². The van der Waals surface area contributed by atoms with Crippen LogP contribution >= 0.6 is 11.3 Å². The second-order valence-corrected chi connectivity index (χ2v) is 14.0. The first-order valence-electron chi connectivity index (χ1n) is 17.6. The molecule has 3 heterocycles. The number of ether oxygens (including phenoxy) is 1. The SMILES string of the molecule is COC(=O)c1ccc2c(c1)nc(-c1cccc3nc(-c4cccs4)n(CCC(c4ccccc4)c4ccccc4)c13)n2CCC1=CCCCC1. The third-order valence-corrected chi connectivity index (χ3v) is 10.9. The number of imidazole rings is 2. The fraction of sp³-hybridized carbons (Fsp3) is 0.233. The van der Waals surface area contributed by atoms with Gasteiger partial charge < -0.3 is 13.9 Å². The van der Waals surface area contributed by atoms with Gasteiger partial charge in [-0.25, -0.2) is 14.8 Å². The molecule has 0 radical (unpaired) electrons. The average molecular weight is 677 g/mol. The molecule has 4 aromatic carbocycles. The Morgan fingerprint density at radius 1 is 0.800 bits per heavy atom. The van der Waals surface area contributed by atoms with Crippen molar-refractivity contribution in [3.63, 3.8) is 0 Å². The Balaban J connectivity index is 1.28. The monoisotopic (exact) mass is 676 g/mol.